The molecule has 0 bridgehead atoms. The summed E-state index contributed by atoms with van der Waals surface area (Å²) >= 11 is 0. The molecule has 0 fully saturated rings. The summed E-state index contributed by atoms with van der Waals surface area (Å²) in [4.78, 5) is 0. The van der Waals surface area contributed by atoms with E-state index in [1.807, 2.05) is 0 Å². The number of hydrogen-bond donors (Lipinski definition) is 2. The Labute approximate surface area is 80.1 Å². The van der Waals surface area contributed by atoms with Gasteiger partial charge in [-0.15, -0.1) is 0 Å². The number of nitrogens with two attached hydrogens (primary N) is 1. The van der Waals surface area contributed by atoms with Crippen LogP contribution in [0.2, 0.25) is 0 Å². The third-order valence-corrected chi connectivity index (χ3v) is 2.03. The first-order valence-electron chi connectivity index (χ1n) is 4.75. The molecule has 1 unspecified atom stereocenters. The van der Waals surface area contributed by atoms with Crippen LogP contribution in [0.1, 0.15) is 18.9 Å². The summed E-state index contributed by atoms with van der Waals surface area (Å²) in [6, 6.07) is 8.84. The van der Waals surface area contributed by atoms with Gasteiger partial charge < -0.3 is 11.1 Å². The largest absolute Gasteiger partial charge is 0.383 e. The number of nitrogens with one attached hydrogen (secondary N) is 1. The van der Waals surface area contributed by atoms with Crippen molar-refractivity contribution in [2.75, 3.05) is 11.9 Å². The van der Waals surface area contributed by atoms with E-state index in [0.717, 1.165) is 13.0 Å². The second-order valence-corrected chi connectivity index (χ2v) is 3.49. The van der Waals surface area contributed by atoms with E-state index < -0.39 is 0 Å². The SMILES string of the molecule is Cc1cccc(NC(C)CCN)c1. The van der Waals surface area contributed by atoms with Crippen LogP contribution in [0.15, 0.2) is 24.3 Å². The first-order valence-corrected chi connectivity index (χ1v) is 4.75. The summed E-state index contributed by atoms with van der Waals surface area (Å²) in [5.41, 5.74) is 7.94. The summed E-state index contributed by atoms with van der Waals surface area (Å²) in [6.07, 6.45) is 1.01. The monoisotopic (exact) mass is 178 g/mol. The van der Waals surface area contributed by atoms with E-state index in [1.165, 1.54) is 11.3 Å². The van der Waals surface area contributed by atoms with Gasteiger partial charge in [0, 0.05) is 11.7 Å². The van der Waals surface area contributed by atoms with Crippen molar-refractivity contribution in [1.82, 2.24) is 0 Å². The van der Waals surface area contributed by atoms with Crippen LogP contribution in [-0.2, 0) is 0 Å². The molecular formula is C11H18N2. The van der Waals surface area contributed by atoms with E-state index in [0.29, 0.717) is 6.04 Å². The maximum atomic E-state index is 5.47. The summed E-state index contributed by atoms with van der Waals surface area (Å²) in [5.74, 6) is 0. The molecule has 1 aromatic rings. The molecule has 0 saturated heterocycles. The maximum Gasteiger partial charge on any atom is 0.0344 e. The van der Waals surface area contributed by atoms with Gasteiger partial charge in [-0.25, -0.2) is 0 Å². The molecule has 0 aromatic heterocycles. The molecule has 1 rings (SSSR count). The zero-order valence-corrected chi connectivity index (χ0v) is 8.38. The molecule has 3 N–H and O–H groups in total. The van der Waals surface area contributed by atoms with E-state index in [-0.39, 0.29) is 0 Å². The second-order valence-electron chi connectivity index (χ2n) is 3.49. The molecule has 0 amide bonds. The second kappa shape index (κ2) is 4.87. The van der Waals surface area contributed by atoms with E-state index >= 15 is 0 Å². The Morgan fingerprint density at radius 2 is 2.23 bits per heavy atom. The third kappa shape index (κ3) is 3.47. The molecule has 0 aliphatic heterocycles. The normalized spacial score (nSPS) is 12.5. The molecule has 13 heavy (non-hydrogen) atoms. The average Bonchev–Trinajstić information content (AvgIpc) is 2.04. The molecular weight excluding hydrogens is 160 g/mol. The predicted octanol–water partition coefficient (Wildman–Crippen LogP) is 2.14. The van der Waals surface area contributed by atoms with Crippen LogP contribution in [0.4, 0.5) is 5.69 Å². The highest BCUT2D eigenvalue weighted by Crippen LogP contribution is 2.11. The molecule has 1 aromatic carbocycles. The van der Waals surface area contributed by atoms with Crippen LogP contribution >= 0.6 is 0 Å². The van der Waals surface area contributed by atoms with Gasteiger partial charge in [0.2, 0.25) is 0 Å². The van der Waals surface area contributed by atoms with Gasteiger partial charge >= 0.3 is 0 Å². The Balaban J connectivity index is 2.53. The smallest absolute Gasteiger partial charge is 0.0344 e. The standard InChI is InChI=1S/C11H18N2/c1-9-4-3-5-11(8-9)13-10(2)6-7-12/h3-5,8,10,13H,6-7,12H2,1-2H3. The number of benzene rings is 1. The fourth-order valence-corrected chi connectivity index (χ4v) is 1.34. The average molecular weight is 178 g/mol. The molecule has 0 heterocycles. The number of hydrogen-bond acceptors (Lipinski definition) is 2. The van der Waals surface area contributed by atoms with Crippen LogP contribution in [0, 0.1) is 6.92 Å². The van der Waals surface area contributed by atoms with Gasteiger partial charge in [0.1, 0.15) is 0 Å². The third-order valence-electron chi connectivity index (χ3n) is 2.03. The zero-order chi connectivity index (χ0) is 9.68. The Bertz CT molecular complexity index is 258. The van der Waals surface area contributed by atoms with Crippen molar-refractivity contribution >= 4 is 5.69 Å². The highest BCUT2D eigenvalue weighted by Gasteiger charge is 1.99. The van der Waals surface area contributed by atoms with Crippen molar-refractivity contribution in [2.45, 2.75) is 26.3 Å². The number of anilines is 1. The topological polar surface area (TPSA) is 38.0 Å². The maximum absolute atomic E-state index is 5.47. The first-order chi connectivity index (χ1) is 6.22. The Morgan fingerprint density at radius 1 is 1.46 bits per heavy atom. The van der Waals surface area contributed by atoms with E-state index in [1.54, 1.807) is 0 Å². The quantitative estimate of drug-likeness (QED) is 0.741. The van der Waals surface area contributed by atoms with Crippen molar-refractivity contribution in [3.05, 3.63) is 29.8 Å². The molecule has 1 atom stereocenters. The molecule has 72 valence electrons. The van der Waals surface area contributed by atoms with Gasteiger partial charge in [-0.2, -0.15) is 0 Å². The summed E-state index contributed by atoms with van der Waals surface area (Å²) in [6.45, 7) is 4.98. The highest BCUT2D eigenvalue weighted by atomic mass is 14.9. The molecule has 0 spiro atoms. The van der Waals surface area contributed by atoms with Gasteiger partial charge in [-0.1, -0.05) is 12.1 Å². The minimum atomic E-state index is 0.451. The van der Waals surface area contributed by atoms with Crippen molar-refractivity contribution in [1.29, 1.82) is 0 Å². The van der Waals surface area contributed by atoms with Crippen molar-refractivity contribution in [2.24, 2.45) is 5.73 Å². The summed E-state index contributed by atoms with van der Waals surface area (Å²) in [7, 11) is 0. The van der Waals surface area contributed by atoms with Crippen molar-refractivity contribution < 1.29 is 0 Å². The van der Waals surface area contributed by atoms with E-state index in [9.17, 15) is 0 Å². The van der Waals surface area contributed by atoms with Crippen LogP contribution < -0.4 is 11.1 Å². The lowest BCUT2D eigenvalue weighted by atomic mass is 10.2. The van der Waals surface area contributed by atoms with Crippen LogP contribution in [0.5, 0.6) is 0 Å². The summed E-state index contributed by atoms with van der Waals surface area (Å²) < 4.78 is 0. The Hall–Kier alpha value is -1.02. The fourth-order valence-electron chi connectivity index (χ4n) is 1.34. The van der Waals surface area contributed by atoms with Crippen LogP contribution in [-0.4, -0.2) is 12.6 Å². The lowest BCUT2D eigenvalue weighted by Gasteiger charge is -2.14. The van der Waals surface area contributed by atoms with Crippen LogP contribution in [0.25, 0.3) is 0 Å². The van der Waals surface area contributed by atoms with E-state index in [4.69, 9.17) is 5.73 Å². The predicted molar refractivity (Wildman–Crippen MR) is 57.9 cm³/mol. The fraction of sp³-hybridized carbons (Fsp3) is 0.455. The van der Waals surface area contributed by atoms with Gasteiger partial charge in [-0.05, 0) is 44.5 Å². The molecule has 0 saturated carbocycles. The minimum Gasteiger partial charge on any atom is -0.383 e. The molecule has 0 radical (unpaired) electrons. The van der Waals surface area contributed by atoms with E-state index in [2.05, 4.69) is 43.4 Å². The summed E-state index contributed by atoms with van der Waals surface area (Å²) in [5, 5.41) is 3.40. The van der Waals surface area contributed by atoms with Crippen molar-refractivity contribution in [3.63, 3.8) is 0 Å². The van der Waals surface area contributed by atoms with Crippen molar-refractivity contribution in [3.8, 4) is 0 Å². The Kier molecular flexibility index (Phi) is 3.77. The lowest BCUT2D eigenvalue weighted by molar-refractivity contribution is 0.717. The molecule has 2 heteroatoms. The van der Waals surface area contributed by atoms with Gasteiger partial charge in [0.05, 0.1) is 0 Å². The van der Waals surface area contributed by atoms with Crippen LogP contribution in [0.3, 0.4) is 0 Å². The number of rotatable bonds is 4. The molecule has 0 aliphatic rings. The van der Waals surface area contributed by atoms with Gasteiger partial charge in [0.15, 0.2) is 0 Å². The Morgan fingerprint density at radius 3 is 2.85 bits per heavy atom. The molecule has 0 aliphatic carbocycles. The lowest BCUT2D eigenvalue weighted by Crippen LogP contribution is -2.19. The van der Waals surface area contributed by atoms with Gasteiger partial charge in [-0.3, -0.25) is 0 Å². The highest BCUT2D eigenvalue weighted by molar-refractivity contribution is 5.45. The number of aryl methyl sites for hydroxylation is 1. The first kappa shape index (κ1) is 10.1. The zero-order valence-electron chi connectivity index (χ0n) is 8.38. The van der Waals surface area contributed by atoms with Gasteiger partial charge in [0.25, 0.3) is 0 Å². The minimum absolute atomic E-state index is 0.451. The molecule has 2 nitrogen and oxygen atoms in total.